The van der Waals surface area contributed by atoms with Gasteiger partial charge in [0.25, 0.3) is 0 Å². The average molecular weight is 403 g/mol. The third-order valence-electron chi connectivity index (χ3n) is 4.63. The number of hydrogen-bond acceptors (Lipinski definition) is 5. The zero-order chi connectivity index (χ0) is 21.3. The highest BCUT2D eigenvalue weighted by Crippen LogP contribution is 2.13. The van der Waals surface area contributed by atoms with Crippen LogP contribution in [0.4, 0.5) is 0 Å². The molecule has 7 heteroatoms. The third kappa shape index (κ3) is 26.9. The second-order valence-electron chi connectivity index (χ2n) is 7.30. The molecule has 0 radical (unpaired) electrons. The van der Waals surface area contributed by atoms with Crippen LogP contribution in [0.5, 0.6) is 0 Å². The van der Waals surface area contributed by atoms with E-state index < -0.39 is 6.10 Å². The quantitative estimate of drug-likeness (QED) is 0.136. The Labute approximate surface area is 170 Å². The number of carbonyl (C=O) groups excluding carboxylic acids is 1. The maximum atomic E-state index is 11.4. The highest BCUT2D eigenvalue weighted by molar-refractivity contribution is 5.69. The predicted octanol–water partition coefficient (Wildman–Crippen LogP) is 4.99. The highest BCUT2D eigenvalue weighted by Gasteiger charge is 2.07. The molecule has 28 heavy (non-hydrogen) atoms. The lowest BCUT2D eigenvalue weighted by Gasteiger charge is -2.08. The largest absolute Gasteiger partial charge is 0.463 e. The fraction of sp³-hybridized carbons (Fsp3) is 0.952. The summed E-state index contributed by atoms with van der Waals surface area (Å²) < 4.78 is 4.86. The maximum absolute atomic E-state index is 11.4. The molecule has 0 heterocycles. The summed E-state index contributed by atoms with van der Waals surface area (Å²) in [5.74, 6) is -0.276. The van der Waals surface area contributed by atoms with Crippen molar-refractivity contribution in [2.75, 3.05) is 13.2 Å². The lowest BCUT2D eigenvalue weighted by Crippen LogP contribution is -2.21. The van der Waals surface area contributed by atoms with E-state index in [0.29, 0.717) is 6.42 Å². The van der Waals surface area contributed by atoms with E-state index >= 15 is 0 Å². The first-order chi connectivity index (χ1) is 13.6. The van der Waals surface area contributed by atoms with Crippen LogP contribution in [0.2, 0.25) is 0 Å². The monoisotopic (exact) mass is 402 g/mol. The summed E-state index contributed by atoms with van der Waals surface area (Å²) >= 11 is 0. The highest BCUT2D eigenvalue weighted by atomic mass is 16.5. The second-order valence-corrected chi connectivity index (χ2v) is 7.30. The topological polar surface area (TPSA) is 120 Å². The lowest BCUT2D eigenvalue weighted by atomic mass is 10.0. The molecule has 0 aliphatic heterocycles. The SMILES string of the molecule is CCCCCCCCCCCCCCCCCC(=O)OCC(O)CO.[N-]=[N+]=O. The lowest BCUT2D eigenvalue weighted by molar-refractivity contribution is -0.147. The van der Waals surface area contributed by atoms with Gasteiger partial charge in [0.1, 0.15) is 17.7 Å². The number of aliphatic hydroxyl groups is 2. The molecular formula is C21H42N2O5. The van der Waals surface area contributed by atoms with E-state index in [0.717, 1.165) is 12.8 Å². The van der Waals surface area contributed by atoms with Crippen LogP contribution in [0.1, 0.15) is 110 Å². The zero-order valence-electron chi connectivity index (χ0n) is 17.8. The van der Waals surface area contributed by atoms with Crippen molar-refractivity contribution < 1.29 is 19.7 Å². The number of rotatable bonds is 19. The van der Waals surface area contributed by atoms with Crippen molar-refractivity contribution in [2.24, 2.45) is 0 Å². The Balaban J connectivity index is 0. The van der Waals surface area contributed by atoms with E-state index in [-0.39, 0.29) is 19.2 Å². The summed E-state index contributed by atoms with van der Waals surface area (Å²) in [7, 11) is 0. The molecule has 0 aromatic heterocycles. The van der Waals surface area contributed by atoms with Gasteiger partial charge in [-0.25, -0.2) is 0 Å². The Morgan fingerprint density at radius 1 is 0.857 bits per heavy atom. The molecule has 0 saturated heterocycles. The van der Waals surface area contributed by atoms with E-state index in [9.17, 15) is 4.79 Å². The predicted molar refractivity (Wildman–Crippen MR) is 112 cm³/mol. The van der Waals surface area contributed by atoms with Gasteiger partial charge in [-0.05, 0) is 6.42 Å². The third-order valence-corrected chi connectivity index (χ3v) is 4.63. The van der Waals surface area contributed by atoms with Gasteiger partial charge in [0.05, 0.1) is 6.61 Å². The van der Waals surface area contributed by atoms with Crippen molar-refractivity contribution in [3.63, 3.8) is 0 Å². The molecule has 0 aliphatic rings. The van der Waals surface area contributed by atoms with Crippen LogP contribution >= 0.6 is 0 Å². The van der Waals surface area contributed by atoms with Crippen LogP contribution in [0, 0.1) is 4.91 Å². The first-order valence-electron chi connectivity index (χ1n) is 11.0. The minimum absolute atomic E-state index is 0.103. The van der Waals surface area contributed by atoms with E-state index in [1.165, 1.54) is 88.4 Å². The maximum Gasteiger partial charge on any atom is 0.305 e. The number of nitrogens with zero attached hydrogens (tertiary/aromatic N) is 2. The summed E-state index contributed by atoms with van der Waals surface area (Å²) in [6, 6.07) is 0. The van der Waals surface area contributed by atoms with Crippen LogP contribution in [-0.2, 0) is 9.53 Å². The number of aliphatic hydroxyl groups excluding tert-OH is 2. The average Bonchev–Trinajstić information content (AvgIpc) is 2.69. The van der Waals surface area contributed by atoms with Crippen molar-refractivity contribution in [2.45, 2.75) is 116 Å². The van der Waals surface area contributed by atoms with Gasteiger partial charge in [0.2, 0.25) is 0 Å². The Kier molecular flexibility index (Phi) is 26.5. The van der Waals surface area contributed by atoms with Crippen molar-refractivity contribution in [3.05, 3.63) is 10.4 Å². The molecule has 1 unspecified atom stereocenters. The van der Waals surface area contributed by atoms with Crippen LogP contribution in [0.15, 0.2) is 0 Å². The number of ether oxygens (including phenoxy) is 1. The molecule has 0 spiro atoms. The van der Waals surface area contributed by atoms with E-state index in [2.05, 4.69) is 6.92 Å². The van der Waals surface area contributed by atoms with Crippen LogP contribution in [0.25, 0.3) is 5.53 Å². The number of carbonyl (C=O) groups is 1. The molecule has 0 fully saturated rings. The summed E-state index contributed by atoms with van der Waals surface area (Å²) in [6.07, 6.45) is 19.0. The van der Waals surface area contributed by atoms with Gasteiger partial charge in [-0.15, -0.1) is 0 Å². The first kappa shape index (κ1) is 28.9. The van der Waals surface area contributed by atoms with Gasteiger partial charge in [0, 0.05) is 6.42 Å². The van der Waals surface area contributed by atoms with Gasteiger partial charge >= 0.3 is 5.97 Å². The van der Waals surface area contributed by atoms with Crippen LogP contribution < -0.4 is 4.97 Å². The molecule has 0 bridgehead atoms. The molecule has 0 rings (SSSR count). The van der Waals surface area contributed by atoms with Gasteiger partial charge < -0.3 is 14.9 Å². The van der Waals surface area contributed by atoms with Gasteiger partial charge in [0.15, 0.2) is 4.91 Å². The number of unbranched alkanes of at least 4 members (excludes halogenated alkanes) is 14. The van der Waals surface area contributed by atoms with Crippen molar-refractivity contribution in [3.8, 4) is 0 Å². The Bertz CT molecular complexity index is 361. The number of esters is 1. The summed E-state index contributed by atoms with van der Waals surface area (Å²) in [4.78, 5) is 20.7. The molecule has 0 aromatic rings. The molecule has 0 amide bonds. The second kappa shape index (κ2) is 25.7. The molecule has 1 atom stereocenters. The number of hydrogen-bond donors (Lipinski definition) is 2. The molecule has 7 nitrogen and oxygen atoms in total. The Morgan fingerprint density at radius 3 is 1.57 bits per heavy atom. The van der Waals surface area contributed by atoms with E-state index in [4.69, 9.17) is 25.4 Å². The smallest absolute Gasteiger partial charge is 0.305 e. The first-order valence-corrected chi connectivity index (χ1v) is 11.0. The zero-order valence-corrected chi connectivity index (χ0v) is 17.8. The molecule has 2 N–H and O–H groups in total. The minimum atomic E-state index is -0.954. The van der Waals surface area contributed by atoms with Crippen molar-refractivity contribution in [1.82, 2.24) is 4.97 Å². The van der Waals surface area contributed by atoms with Crippen LogP contribution in [-0.4, -0.2) is 35.5 Å². The normalized spacial score (nSPS) is 11.2. The molecule has 0 aliphatic carbocycles. The number of nitroso groups, excluding NO2 is 1. The molecule has 0 aromatic carbocycles. The van der Waals surface area contributed by atoms with Crippen LogP contribution in [0.3, 0.4) is 0 Å². The summed E-state index contributed by atoms with van der Waals surface area (Å²) in [6.45, 7) is 1.79. The molecular weight excluding hydrogens is 360 g/mol. The Hall–Kier alpha value is -1.30. The Morgan fingerprint density at radius 2 is 1.21 bits per heavy atom. The fourth-order valence-corrected chi connectivity index (χ4v) is 2.95. The van der Waals surface area contributed by atoms with Gasteiger partial charge in [-0.3, -0.25) is 10.3 Å². The minimum Gasteiger partial charge on any atom is -0.463 e. The molecule has 0 saturated carbocycles. The van der Waals surface area contributed by atoms with E-state index in [1.807, 2.05) is 0 Å². The van der Waals surface area contributed by atoms with Crippen molar-refractivity contribution >= 4 is 5.97 Å². The van der Waals surface area contributed by atoms with Gasteiger partial charge in [-0.1, -0.05) is 96.8 Å². The van der Waals surface area contributed by atoms with Gasteiger partial charge in [-0.2, -0.15) is 0 Å². The fourth-order valence-electron chi connectivity index (χ4n) is 2.95. The standard InChI is InChI=1S/C21H42O4.N2O/c1-2-3-4-5-6-7-8-9-10-11-12-13-14-15-16-17-21(24)25-19-20(23)18-22;1-2-3/h20,22-23H,2-19H2,1H3;. The van der Waals surface area contributed by atoms with E-state index in [1.54, 1.807) is 0 Å². The summed E-state index contributed by atoms with van der Waals surface area (Å²) in [5.41, 5.74) is 6.64. The van der Waals surface area contributed by atoms with Crippen molar-refractivity contribution in [1.29, 1.82) is 0 Å². The molecule has 166 valence electrons. The summed E-state index contributed by atoms with van der Waals surface area (Å²) in [5, 5.41) is 17.7.